The molecule has 1 atom stereocenters. The third-order valence-corrected chi connectivity index (χ3v) is 1.49. The Kier molecular flexibility index (Phi) is 2.01. The van der Waals surface area contributed by atoms with Crippen LogP contribution in [-0.2, 0) is 9.53 Å². The molecule has 9 heavy (non-hydrogen) atoms. The third-order valence-electron chi connectivity index (χ3n) is 1.49. The van der Waals surface area contributed by atoms with E-state index in [2.05, 4.69) is 6.58 Å². The lowest BCUT2D eigenvalue weighted by molar-refractivity contribution is -0.128. The second-order valence-electron chi connectivity index (χ2n) is 2.13. The van der Waals surface area contributed by atoms with Crippen LogP contribution in [0.15, 0.2) is 12.7 Å². The average molecular weight is 126 g/mol. The molecule has 0 spiro atoms. The summed E-state index contributed by atoms with van der Waals surface area (Å²) in [5.41, 5.74) is 0. The van der Waals surface area contributed by atoms with E-state index in [1.54, 1.807) is 6.08 Å². The van der Waals surface area contributed by atoms with Crippen molar-refractivity contribution >= 4 is 5.78 Å². The van der Waals surface area contributed by atoms with Crippen LogP contribution in [0.3, 0.4) is 0 Å². The first kappa shape index (κ1) is 6.49. The van der Waals surface area contributed by atoms with Crippen LogP contribution in [0, 0.1) is 5.92 Å². The Hall–Kier alpha value is -0.630. The summed E-state index contributed by atoms with van der Waals surface area (Å²) in [5, 5.41) is 0. The number of carbonyl (C=O) groups is 1. The Bertz CT molecular complexity index is 129. The number of hydrogen-bond donors (Lipinski definition) is 0. The number of hydrogen-bond acceptors (Lipinski definition) is 2. The maximum absolute atomic E-state index is 10.9. The fourth-order valence-corrected chi connectivity index (χ4v) is 0.861. The molecule has 0 aromatic rings. The van der Waals surface area contributed by atoms with E-state index >= 15 is 0 Å². The van der Waals surface area contributed by atoms with Crippen molar-refractivity contribution in [1.82, 2.24) is 0 Å². The van der Waals surface area contributed by atoms with Gasteiger partial charge in [0.25, 0.3) is 0 Å². The van der Waals surface area contributed by atoms with Crippen LogP contribution < -0.4 is 0 Å². The Morgan fingerprint density at radius 3 is 3.00 bits per heavy atom. The molecule has 1 saturated heterocycles. The highest BCUT2D eigenvalue weighted by atomic mass is 16.5. The summed E-state index contributed by atoms with van der Waals surface area (Å²) in [6.45, 7) is 4.65. The minimum atomic E-state index is -0.0428. The molecular formula is C7H10O2. The highest BCUT2D eigenvalue weighted by molar-refractivity contribution is 5.83. The molecule has 0 aromatic heterocycles. The topological polar surface area (TPSA) is 26.3 Å². The van der Waals surface area contributed by atoms with Gasteiger partial charge in [0.05, 0.1) is 19.1 Å². The maximum Gasteiger partial charge on any atom is 0.144 e. The van der Waals surface area contributed by atoms with Crippen molar-refractivity contribution in [2.45, 2.75) is 6.42 Å². The Morgan fingerprint density at radius 1 is 1.78 bits per heavy atom. The largest absolute Gasteiger partial charge is 0.380 e. The van der Waals surface area contributed by atoms with Crippen molar-refractivity contribution in [3.05, 3.63) is 12.7 Å². The summed E-state index contributed by atoms with van der Waals surface area (Å²) < 4.78 is 5.05. The van der Waals surface area contributed by atoms with E-state index in [0.29, 0.717) is 19.6 Å². The van der Waals surface area contributed by atoms with Crippen LogP contribution in [0.4, 0.5) is 0 Å². The van der Waals surface area contributed by atoms with Crippen LogP contribution in [0.1, 0.15) is 6.42 Å². The quantitative estimate of drug-likeness (QED) is 0.485. The molecule has 1 fully saturated rings. The molecule has 1 rings (SSSR count). The van der Waals surface area contributed by atoms with Crippen molar-refractivity contribution in [2.75, 3.05) is 13.2 Å². The summed E-state index contributed by atoms with van der Waals surface area (Å²) in [4.78, 5) is 10.9. The van der Waals surface area contributed by atoms with Gasteiger partial charge < -0.3 is 4.74 Å². The third kappa shape index (κ3) is 1.39. The van der Waals surface area contributed by atoms with E-state index in [9.17, 15) is 4.79 Å². The summed E-state index contributed by atoms with van der Waals surface area (Å²) >= 11 is 0. The zero-order chi connectivity index (χ0) is 6.69. The molecule has 2 nitrogen and oxygen atoms in total. The molecule has 2 heteroatoms. The van der Waals surface area contributed by atoms with Gasteiger partial charge >= 0.3 is 0 Å². The second kappa shape index (κ2) is 2.78. The molecule has 0 radical (unpaired) electrons. The highest BCUT2D eigenvalue weighted by Gasteiger charge is 2.18. The zero-order valence-corrected chi connectivity index (χ0v) is 5.30. The van der Waals surface area contributed by atoms with E-state index in [0.717, 1.165) is 0 Å². The van der Waals surface area contributed by atoms with E-state index in [4.69, 9.17) is 4.74 Å². The molecule has 0 unspecified atom stereocenters. The monoisotopic (exact) mass is 126 g/mol. The molecule has 0 N–H and O–H groups in total. The predicted molar refractivity (Wildman–Crippen MR) is 34.1 cm³/mol. The first-order chi connectivity index (χ1) is 4.34. The molecule has 50 valence electrons. The van der Waals surface area contributed by atoms with Crippen molar-refractivity contribution < 1.29 is 9.53 Å². The highest BCUT2D eigenvalue weighted by Crippen LogP contribution is 2.09. The lowest BCUT2D eigenvalue weighted by Crippen LogP contribution is -2.25. The Labute approximate surface area is 54.5 Å². The van der Waals surface area contributed by atoms with Crippen LogP contribution >= 0.6 is 0 Å². The van der Waals surface area contributed by atoms with Crippen LogP contribution in [0.5, 0.6) is 0 Å². The van der Waals surface area contributed by atoms with Gasteiger partial charge in [-0.2, -0.15) is 0 Å². The van der Waals surface area contributed by atoms with Crippen LogP contribution in [0.2, 0.25) is 0 Å². The first-order valence-electron chi connectivity index (χ1n) is 3.07. The molecule has 0 amide bonds. The SMILES string of the molecule is C=C[C@@H]1COCCC1=O. The van der Waals surface area contributed by atoms with Gasteiger partial charge in [-0.15, -0.1) is 6.58 Å². The second-order valence-corrected chi connectivity index (χ2v) is 2.13. The number of Topliss-reactive ketones (excluding diaryl/α,β-unsaturated/α-hetero) is 1. The van der Waals surface area contributed by atoms with Gasteiger partial charge in [0.15, 0.2) is 0 Å². The summed E-state index contributed by atoms with van der Waals surface area (Å²) in [6.07, 6.45) is 2.21. The Morgan fingerprint density at radius 2 is 2.56 bits per heavy atom. The van der Waals surface area contributed by atoms with Gasteiger partial charge in [0, 0.05) is 6.42 Å². The first-order valence-corrected chi connectivity index (χ1v) is 3.07. The number of rotatable bonds is 1. The van der Waals surface area contributed by atoms with Gasteiger partial charge in [-0.3, -0.25) is 4.79 Å². The van der Waals surface area contributed by atoms with E-state index < -0.39 is 0 Å². The lowest BCUT2D eigenvalue weighted by Gasteiger charge is -2.16. The molecule has 1 aliphatic heterocycles. The lowest BCUT2D eigenvalue weighted by atomic mass is 10.0. The van der Waals surface area contributed by atoms with Gasteiger partial charge in [-0.05, 0) is 0 Å². The molecule has 0 bridgehead atoms. The van der Waals surface area contributed by atoms with Gasteiger partial charge in [-0.1, -0.05) is 6.08 Å². The number of ketones is 1. The van der Waals surface area contributed by atoms with Gasteiger partial charge in [-0.25, -0.2) is 0 Å². The van der Waals surface area contributed by atoms with E-state index in [1.165, 1.54) is 0 Å². The fourth-order valence-electron chi connectivity index (χ4n) is 0.861. The maximum atomic E-state index is 10.9. The number of carbonyl (C=O) groups excluding carboxylic acids is 1. The molecular weight excluding hydrogens is 116 g/mol. The molecule has 0 saturated carbocycles. The van der Waals surface area contributed by atoms with Gasteiger partial charge in [0.1, 0.15) is 5.78 Å². The summed E-state index contributed by atoms with van der Waals surface area (Å²) in [7, 11) is 0. The number of ether oxygens (including phenoxy) is 1. The molecule has 0 aliphatic carbocycles. The molecule has 1 aliphatic rings. The minimum Gasteiger partial charge on any atom is -0.380 e. The normalized spacial score (nSPS) is 28.0. The standard InChI is InChI=1S/C7H10O2/c1-2-6-5-9-4-3-7(6)8/h2,6H,1,3-5H2/t6-/m1/s1. The van der Waals surface area contributed by atoms with Gasteiger partial charge in [0.2, 0.25) is 0 Å². The van der Waals surface area contributed by atoms with E-state index in [1.807, 2.05) is 0 Å². The average Bonchev–Trinajstić information content (AvgIpc) is 1.89. The Balaban J connectivity index is 2.48. The van der Waals surface area contributed by atoms with Crippen molar-refractivity contribution in [2.24, 2.45) is 5.92 Å². The predicted octanol–water partition coefficient (Wildman–Crippen LogP) is 0.778. The summed E-state index contributed by atoms with van der Waals surface area (Å²) in [5.74, 6) is 0.218. The molecule has 0 aromatic carbocycles. The zero-order valence-electron chi connectivity index (χ0n) is 5.30. The van der Waals surface area contributed by atoms with E-state index in [-0.39, 0.29) is 11.7 Å². The minimum absolute atomic E-state index is 0.0428. The summed E-state index contributed by atoms with van der Waals surface area (Å²) in [6, 6.07) is 0. The van der Waals surface area contributed by atoms with Crippen molar-refractivity contribution in [3.8, 4) is 0 Å². The van der Waals surface area contributed by atoms with Crippen LogP contribution in [0.25, 0.3) is 0 Å². The molecule has 1 heterocycles. The fraction of sp³-hybridized carbons (Fsp3) is 0.571. The van der Waals surface area contributed by atoms with Crippen molar-refractivity contribution in [1.29, 1.82) is 0 Å². The van der Waals surface area contributed by atoms with Crippen molar-refractivity contribution in [3.63, 3.8) is 0 Å². The van der Waals surface area contributed by atoms with Crippen LogP contribution in [-0.4, -0.2) is 19.0 Å². The smallest absolute Gasteiger partial charge is 0.144 e.